The number of amides is 1. The summed E-state index contributed by atoms with van der Waals surface area (Å²) in [7, 11) is 0. The Morgan fingerprint density at radius 1 is 1.40 bits per heavy atom. The normalized spacial score (nSPS) is 12.2. The molecule has 0 fully saturated rings. The quantitative estimate of drug-likeness (QED) is 0.895. The lowest BCUT2D eigenvalue weighted by Crippen LogP contribution is -2.15. The number of hydrogen-bond donors (Lipinski definition) is 2. The second-order valence-electron chi connectivity index (χ2n) is 4.25. The van der Waals surface area contributed by atoms with Gasteiger partial charge in [0.25, 0.3) is 0 Å². The highest BCUT2D eigenvalue weighted by molar-refractivity contribution is 7.15. The molecule has 20 heavy (non-hydrogen) atoms. The van der Waals surface area contributed by atoms with Gasteiger partial charge in [-0.25, -0.2) is 4.98 Å². The predicted molar refractivity (Wildman–Crippen MR) is 81.5 cm³/mol. The van der Waals surface area contributed by atoms with Crippen molar-refractivity contribution < 1.29 is 9.90 Å². The number of aromatic nitrogens is 1. The van der Waals surface area contributed by atoms with Crippen molar-refractivity contribution in [3.63, 3.8) is 0 Å². The monoisotopic (exact) mass is 330 g/mol. The molecular weight excluding hydrogens is 319 g/mol. The number of hydrogen-bond acceptors (Lipinski definition) is 4. The van der Waals surface area contributed by atoms with Crippen LogP contribution in [0, 0.1) is 6.92 Å². The van der Waals surface area contributed by atoms with Crippen LogP contribution in [0.25, 0.3) is 0 Å². The number of aliphatic hydroxyl groups excluding tert-OH is 1. The average molecular weight is 331 g/mol. The van der Waals surface area contributed by atoms with Crippen molar-refractivity contribution in [1.82, 2.24) is 4.98 Å². The fraction of sp³-hybridized carbons (Fsp3) is 0.231. The molecule has 106 valence electrons. The highest BCUT2D eigenvalue weighted by Gasteiger charge is 2.15. The molecular formula is C13H12Cl2N2O2S. The molecule has 0 aliphatic rings. The van der Waals surface area contributed by atoms with Crippen LogP contribution in [-0.2, 0) is 4.79 Å². The Kier molecular flexibility index (Phi) is 4.99. The second-order valence-corrected chi connectivity index (χ2v) is 6.35. The summed E-state index contributed by atoms with van der Waals surface area (Å²) in [6.07, 6.45) is 0.621. The molecule has 7 heteroatoms. The van der Waals surface area contributed by atoms with Crippen molar-refractivity contribution in [2.45, 2.75) is 19.4 Å². The van der Waals surface area contributed by atoms with Gasteiger partial charge in [-0.3, -0.25) is 4.79 Å². The predicted octanol–water partition coefficient (Wildman–Crippen LogP) is 3.82. The number of rotatable bonds is 4. The summed E-state index contributed by atoms with van der Waals surface area (Å²) in [5.41, 5.74) is 0.507. The minimum absolute atomic E-state index is 0.0880. The maximum absolute atomic E-state index is 11.8. The van der Waals surface area contributed by atoms with Crippen LogP contribution in [0.4, 0.5) is 5.13 Å². The largest absolute Gasteiger partial charge is 0.388 e. The molecule has 2 aromatic rings. The summed E-state index contributed by atoms with van der Waals surface area (Å²) in [5.74, 6) is -0.317. The first-order chi connectivity index (χ1) is 9.44. The first-order valence-corrected chi connectivity index (χ1v) is 7.37. The minimum Gasteiger partial charge on any atom is -0.388 e. The molecule has 0 radical (unpaired) electrons. The minimum atomic E-state index is -0.966. The summed E-state index contributed by atoms with van der Waals surface area (Å²) in [5, 5.41) is 14.0. The fourth-order valence-electron chi connectivity index (χ4n) is 1.64. The Morgan fingerprint density at radius 3 is 2.60 bits per heavy atom. The summed E-state index contributed by atoms with van der Waals surface area (Å²) < 4.78 is 0. The van der Waals surface area contributed by atoms with Crippen LogP contribution in [0.5, 0.6) is 0 Å². The van der Waals surface area contributed by atoms with Gasteiger partial charge in [0.2, 0.25) is 5.91 Å². The molecule has 2 rings (SSSR count). The number of nitrogens with one attached hydrogen (secondary N) is 1. The van der Waals surface area contributed by atoms with E-state index in [-0.39, 0.29) is 12.3 Å². The van der Waals surface area contributed by atoms with Crippen LogP contribution in [-0.4, -0.2) is 16.0 Å². The van der Waals surface area contributed by atoms with Gasteiger partial charge in [-0.05, 0) is 30.7 Å². The van der Waals surface area contributed by atoms with Gasteiger partial charge in [0, 0.05) is 21.1 Å². The van der Waals surface area contributed by atoms with Crippen molar-refractivity contribution >= 4 is 45.6 Å². The van der Waals surface area contributed by atoms with Crippen LogP contribution in [0.2, 0.25) is 10.0 Å². The summed E-state index contributed by atoms with van der Waals surface area (Å²) in [6.45, 7) is 1.90. The van der Waals surface area contributed by atoms with E-state index in [1.54, 1.807) is 24.4 Å². The Hall–Kier alpha value is -1.14. The third-order valence-corrected chi connectivity index (χ3v) is 3.78. The van der Waals surface area contributed by atoms with Gasteiger partial charge in [0.05, 0.1) is 12.5 Å². The fourth-order valence-corrected chi connectivity index (χ4v) is 2.87. The Bertz CT molecular complexity index is 610. The van der Waals surface area contributed by atoms with Crippen LogP contribution < -0.4 is 5.32 Å². The van der Waals surface area contributed by atoms with Crippen LogP contribution in [0.3, 0.4) is 0 Å². The summed E-state index contributed by atoms with van der Waals surface area (Å²) >= 11 is 13.1. The van der Waals surface area contributed by atoms with E-state index < -0.39 is 6.10 Å². The van der Waals surface area contributed by atoms with Gasteiger partial charge in [-0.2, -0.15) is 0 Å². The lowest BCUT2D eigenvalue weighted by molar-refractivity contribution is -0.118. The van der Waals surface area contributed by atoms with E-state index in [4.69, 9.17) is 23.2 Å². The van der Waals surface area contributed by atoms with Crippen LogP contribution in [0.1, 0.15) is 23.0 Å². The standard InChI is InChI=1S/C13H12Cl2N2O2S/c1-7-6-16-13(20-7)17-12(19)5-11(18)8-2-9(14)4-10(15)3-8/h2-4,6,11,18H,5H2,1H3,(H,16,17,19). The number of thiazole rings is 1. The third-order valence-electron chi connectivity index (χ3n) is 2.52. The molecule has 2 N–H and O–H groups in total. The second kappa shape index (κ2) is 6.54. The van der Waals surface area contributed by atoms with Crippen molar-refractivity contribution in [3.05, 3.63) is 44.9 Å². The smallest absolute Gasteiger partial charge is 0.229 e. The Labute approximate surface area is 130 Å². The third kappa shape index (κ3) is 4.18. The number of anilines is 1. The van der Waals surface area contributed by atoms with E-state index in [9.17, 15) is 9.90 Å². The number of aryl methyl sites for hydroxylation is 1. The number of nitrogens with zero attached hydrogens (tertiary/aromatic N) is 1. The van der Waals surface area contributed by atoms with Crippen molar-refractivity contribution in [2.24, 2.45) is 0 Å². The molecule has 0 bridgehead atoms. The van der Waals surface area contributed by atoms with Gasteiger partial charge >= 0.3 is 0 Å². The average Bonchev–Trinajstić information content (AvgIpc) is 2.73. The molecule has 1 amide bonds. The van der Waals surface area contributed by atoms with Gasteiger partial charge in [-0.1, -0.05) is 23.2 Å². The van der Waals surface area contributed by atoms with Crippen molar-refractivity contribution in [1.29, 1.82) is 0 Å². The molecule has 1 aromatic carbocycles. The molecule has 1 aromatic heterocycles. The molecule has 1 heterocycles. The molecule has 0 aliphatic heterocycles. The van der Waals surface area contributed by atoms with Gasteiger partial charge < -0.3 is 10.4 Å². The number of carbonyl (C=O) groups is 1. The molecule has 1 atom stereocenters. The van der Waals surface area contributed by atoms with Crippen molar-refractivity contribution in [2.75, 3.05) is 5.32 Å². The highest BCUT2D eigenvalue weighted by atomic mass is 35.5. The van der Waals surface area contributed by atoms with E-state index in [1.807, 2.05) is 6.92 Å². The van der Waals surface area contributed by atoms with E-state index >= 15 is 0 Å². The maximum Gasteiger partial charge on any atom is 0.229 e. The number of benzene rings is 1. The Morgan fingerprint density at radius 2 is 2.05 bits per heavy atom. The number of aliphatic hydroxyl groups is 1. The molecule has 0 saturated carbocycles. The zero-order valence-electron chi connectivity index (χ0n) is 10.6. The SMILES string of the molecule is Cc1cnc(NC(=O)CC(O)c2cc(Cl)cc(Cl)c2)s1. The van der Waals surface area contributed by atoms with E-state index in [0.717, 1.165) is 4.88 Å². The number of halogens is 2. The summed E-state index contributed by atoms with van der Waals surface area (Å²) in [4.78, 5) is 16.8. The van der Waals surface area contributed by atoms with Crippen molar-refractivity contribution in [3.8, 4) is 0 Å². The highest BCUT2D eigenvalue weighted by Crippen LogP contribution is 2.26. The zero-order valence-corrected chi connectivity index (χ0v) is 12.9. The molecule has 0 spiro atoms. The maximum atomic E-state index is 11.8. The lowest BCUT2D eigenvalue weighted by Gasteiger charge is -2.11. The first kappa shape index (κ1) is 15.3. The molecule has 0 aliphatic carbocycles. The van der Waals surface area contributed by atoms with Gasteiger partial charge in [0.1, 0.15) is 0 Å². The first-order valence-electron chi connectivity index (χ1n) is 5.80. The van der Waals surface area contributed by atoms with Crippen LogP contribution in [0.15, 0.2) is 24.4 Å². The topological polar surface area (TPSA) is 62.2 Å². The molecule has 4 nitrogen and oxygen atoms in total. The Balaban J connectivity index is 2.00. The molecule has 0 saturated heterocycles. The molecule has 1 unspecified atom stereocenters. The van der Waals surface area contributed by atoms with Gasteiger partial charge in [-0.15, -0.1) is 11.3 Å². The number of carbonyl (C=O) groups excluding carboxylic acids is 1. The van der Waals surface area contributed by atoms with E-state index in [2.05, 4.69) is 10.3 Å². The van der Waals surface area contributed by atoms with E-state index in [0.29, 0.717) is 20.7 Å². The van der Waals surface area contributed by atoms with Gasteiger partial charge in [0.15, 0.2) is 5.13 Å². The zero-order chi connectivity index (χ0) is 14.7. The summed E-state index contributed by atoms with van der Waals surface area (Å²) in [6, 6.07) is 4.73. The lowest BCUT2D eigenvalue weighted by atomic mass is 10.1. The van der Waals surface area contributed by atoms with Crippen LogP contribution >= 0.6 is 34.5 Å². The van der Waals surface area contributed by atoms with E-state index in [1.165, 1.54) is 11.3 Å².